The smallest absolute Gasteiger partial charge is 0.410 e. The molecule has 1 aliphatic rings. The van der Waals surface area contributed by atoms with Gasteiger partial charge in [-0.15, -0.1) is 0 Å². The van der Waals surface area contributed by atoms with Crippen LogP contribution >= 0.6 is 11.6 Å². The molecule has 1 fully saturated rings. The molecule has 2 atom stereocenters. The highest BCUT2D eigenvalue weighted by Gasteiger charge is 2.37. The summed E-state index contributed by atoms with van der Waals surface area (Å²) >= 11 is 5.40. The fourth-order valence-electron chi connectivity index (χ4n) is 2.20. The van der Waals surface area contributed by atoms with Gasteiger partial charge in [0.05, 0.1) is 5.92 Å². The van der Waals surface area contributed by atoms with Crippen molar-refractivity contribution >= 4 is 23.7 Å². The maximum Gasteiger partial charge on any atom is 0.410 e. The molecule has 1 heterocycles. The summed E-state index contributed by atoms with van der Waals surface area (Å²) < 4.78 is 10.2. The molecule has 1 saturated heterocycles. The van der Waals surface area contributed by atoms with Crippen LogP contribution in [0.5, 0.6) is 0 Å². The van der Waals surface area contributed by atoms with Crippen LogP contribution in [0.1, 0.15) is 40.5 Å². The average molecular weight is 292 g/mol. The third kappa shape index (κ3) is 4.56. The molecule has 0 bridgehead atoms. The number of esters is 1. The van der Waals surface area contributed by atoms with Crippen LogP contribution < -0.4 is 0 Å². The zero-order valence-corrected chi connectivity index (χ0v) is 12.7. The van der Waals surface area contributed by atoms with Crippen molar-refractivity contribution in [1.82, 2.24) is 4.90 Å². The van der Waals surface area contributed by atoms with Gasteiger partial charge in [0.2, 0.25) is 0 Å². The van der Waals surface area contributed by atoms with E-state index in [2.05, 4.69) is 0 Å². The predicted octanol–water partition coefficient (Wildman–Crippen LogP) is 2.76. The van der Waals surface area contributed by atoms with E-state index in [-0.39, 0.29) is 30.1 Å². The number of ether oxygens (including phenoxy) is 2. The first kappa shape index (κ1) is 16.1. The topological polar surface area (TPSA) is 55.8 Å². The molecule has 0 aromatic carbocycles. The van der Waals surface area contributed by atoms with E-state index in [0.717, 1.165) is 6.42 Å². The molecular weight excluding hydrogens is 270 g/mol. The number of halogens is 1. The Morgan fingerprint density at radius 1 is 1.37 bits per heavy atom. The minimum absolute atomic E-state index is 0.158. The molecule has 1 amide bonds. The number of carbonyl (C=O) groups is 2. The van der Waals surface area contributed by atoms with Crippen LogP contribution in [0.2, 0.25) is 0 Å². The lowest BCUT2D eigenvalue weighted by Crippen LogP contribution is -2.50. The summed E-state index contributed by atoms with van der Waals surface area (Å²) in [7, 11) is 0. The number of amides is 1. The van der Waals surface area contributed by atoms with E-state index in [1.54, 1.807) is 4.90 Å². The molecule has 110 valence electrons. The van der Waals surface area contributed by atoms with Crippen molar-refractivity contribution in [1.29, 1.82) is 0 Å². The van der Waals surface area contributed by atoms with Gasteiger partial charge in [-0.25, -0.2) is 4.79 Å². The molecule has 6 heteroatoms. The lowest BCUT2D eigenvalue weighted by Gasteiger charge is -2.38. The van der Waals surface area contributed by atoms with Gasteiger partial charge >= 0.3 is 12.1 Å². The van der Waals surface area contributed by atoms with Gasteiger partial charge in [0.1, 0.15) is 5.60 Å². The highest BCUT2D eigenvalue weighted by atomic mass is 35.5. The molecule has 0 saturated carbocycles. The number of likely N-dealkylation sites (tertiary alicyclic amines) is 1. The summed E-state index contributed by atoms with van der Waals surface area (Å²) in [6, 6.07) is -0.395. The zero-order chi connectivity index (χ0) is 14.6. The Morgan fingerprint density at radius 3 is 2.53 bits per heavy atom. The number of rotatable bonds is 2. The van der Waals surface area contributed by atoms with Crippen LogP contribution in [0.3, 0.4) is 0 Å². The Labute approximate surface area is 119 Å². The van der Waals surface area contributed by atoms with Gasteiger partial charge in [-0.05, 0) is 40.5 Å². The second kappa shape index (κ2) is 6.46. The van der Waals surface area contributed by atoms with Crippen LogP contribution in [0.4, 0.5) is 4.79 Å². The Kier molecular flexibility index (Phi) is 5.47. The van der Waals surface area contributed by atoms with Crippen molar-refractivity contribution in [3.63, 3.8) is 0 Å². The molecule has 1 rings (SSSR count). The molecule has 0 radical (unpaired) electrons. The summed E-state index contributed by atoms with van der Waals surface area (Å²) in [4.78, 5) is 25.4. The summed E-state index contributed by atoms with van der Waals surface area (Å²) in [5, 5.41) is 0. The number of hydrogen-bond acceptors (Lipinski definition) is 4. The van der Waals surface area contributed by atoms with Crippen molar-refractivity contribution < 1.29 is 19.1 Å². The quantitative estimate of drug-likeness (QED) is 0.580. The zero-order valence-electron chi connectivity index (χ0n) is 11.9. The van der Waals surface area contributed by atoms with Crippen LogP contribution in [-0.2, 0) is 14.3 Å². The number of alkyl halides is 1. The molecule has 19 heavy (non-hydrogen) atoms. The van der Waals surface area contributed by atoms with Gasteiger partial charge in [0, 0.05) is 12.6 Å². The maximum absolute atomic E-state index is 12.1. The second-order valence-corrected chi connectivity index (χ2v) is 5.95. The Hall–Kier alpha value is -0.970. The number of piperidine rings is 1. The molecule has 0 aromatic heterocycles. The average Bonchev–Trinajstić information content (AvgIpc) is 2.27. The van der Waals surface area contributed by atoms with Crippen LogP contribution in [0.25, 0.3) is 0 Å². The standard InChI is InChI=1S/C13H22ClNO4/c1-9-10(11(16)18-8-14)6-5-7-15(9)12(17)19-13(2,3)4/h9-10H,5-8H2,1-4H3/t9-,10-/m1/s1. The van der Waals surface area contributed by atoms with Crippen molar-refractivity contribution in [2.24, 2.45) is 5.92 Å². The van der Waals surface area contributed by atoms with Crippen molar-refractivity contribution in [2.75, 3.05) is 12.6 Å². The van der Waals surface area contributed by atoms with E-state index in [0.29, 0.717) is 13.0 Å². The molecule has 0 unspecified atom stereocenters. The molecule has 1 aliphatic heterocycles. The SMILES string of the molecule is C[C@@H]1[C@H](C(=O)OCCl)CCCN1C(=O)OC(C)(C)C. The summed E-state index contributed by atoms with van der Waals surface area (Å²) in [6.07, 6.45) is 1.07. The molecule has 0 N–H and O–H groups in total. The fourth-order valence-corrected chi connectivity index (χ4v) is 2.30. The Morgan fingerprint density at radius 2 is 2.00 bits per heavy atom. The number of carbonyl (C=O) groups excluding carboxylic acids is 2. The van der Waals surface area contributed by atoms with Gasteiger partial charge in [-0.2, -0.15) is 0 Å². The van der Waals surface area contributed by atoms with Crippen molar-refractivity contribution in [3.05, 3.63) is 0 Å². The predicted molar refractivity (Wildman–Crippen MR) is 71.9 cm³/mol. The largest absolute Gasteiger partial charge is 0.449 e. The highest BCUT2D eigenvalue weighted by Crippen LogP contribution is 2.26. The maximum atomic E-state index is 12.1. The fraction of sp³-hybridized carbons (Fsp3) is 0.846. The molecular formula is C13H22ClNO4. The molecule has 0 aliphatic carbocycles. The lowest BCUT2D eigenvalue weighted by molar-refractivity contribution is -0.150. The van der Waals surface area contributed by atoms with E-state index < -0.39 is 5.60 Å². The minimum atomic E-state index is -0.541. The Bertz CT molecular complexity index is 340. The molecule has 0 spiro atoms. The normalized spacial score (nSPS) is 23.9. The lowest BCUT2D eigenvalue weighted by atomic mass is 9.90. The number of hydrogen-bond donors (Lipinski definition) is 0. The third-order valence-electron chi connectivity index (χ3n) is 3.12. The third-order valence-corrected chi connectivity index (χ3v) is 3.22. The summed E-state index contributed by atoms with van der Waals surface area (Å²) in [6.45, 7) is 7.89. The van der Waals surface area contributed by atoms with Crippen LogP contribution in [0, 0.1) is 5.92 Å². The van der Waals surface area contributed by atoms with Crippen molar-refractivity contribution in [2.45, 2.75) is 52.2 Å². The van der Waals surface area contributed by atoms with Gasteiger partial charge in [-0.3, -0.25) is 4.79 Å². The van der Waals surface area contributed by atoms with Crippen LogP contribution in [0.15, 0.2) is 0 Å². The molecule has 0 aromatic rings. The first-order valence-corrected chi connectivity index (χ1v) is 7.02. The number of nitrogens with zero attached hydrogens (tertiary/aromatic N) is 1. The second-order valence-electron chi connectivity index (χ2n) is 5.74. The Balaban J connectivity index is 2.70. The van der Waals surface area contributed by atoms with Gasteiger partial charge < -0.3 is 14.4 Å². The van der Waals surface area contributed by atoms with Crippen molar-refractivity contribution in [3.8, 4) is 0 Å². The van der Waals surface area contributed by atoms with Gasteiger partial charge in [0.15, 0.2) is 6.07 Å². The molecule has 5 nitrogen and oxygen atoms in total. The van der Waals surface area contributed by atoms with Crippen LogP contribution in [-0.4, -0.2) is 41.2 Å². The van der Waals surface area contributed by atoms with E-state index in [9.17, 15) is 9.59 Å². The van der Waals surface area contributed by atoms with E-state index in [1.165, 1.54) is 0 Å². The monoisotopic (exact) mass is 291 g/mol. The summed E-state index contributed by atoms with van der Waals surface area (Å²) in [5.41, 5.74) is -0.541. The first-order valence-electron chi connectivity index (χ1n) is 6.48. The van der Waals surface area contributed by atoms with E-state index in [4.69, 9.17) is 21.1 Å². The summed E-state index contributed by atoms with van der Waals surface area (Å²) in [5.74, 6) is -0.684. The van der Waals surface area contributed by atoms with Gasteiger partial charge in [-0.1, -0.05) is 11.6 Å². The van der Waals surface area contributed by atoms with Gasteiger partial charge in [0.25, 0.3) is 0 Å². The first-order chi connectivity index (χ1) is 8.76. The van der Waals surface area contributed by atoms with E-state index >= 15 is 0 Å². The van der Waals surface area contributed by atoms with E-state index in [1.807, 2.05) is 27.7 Å². The highest BCUT2D eigenvalue weighted by molar-refractivity contribution is 6.17. The minimum Gasteiger partial charge on any atom is -0.449 e.